The van der Waals surface area contributed by atoms with Gasteiger partial charge < -0.3 is 24.0 Å². The number of nitrogens with zero attached hydrogens (tertiary/aromatic N) is 4. The van der Waals surface area contributed by atoms with Crippen LogP contribution in [0.2, 0.25) is 0 Å². The lowest BCUT2D eigenvalue weighted by Crippen LogP contribution is -2.38. The van der Waals surface area contributed by atoms with Crippen molar-refractivity contribution in [1.82, 2.24) is 19.4 Å². The van der Waals surface area contributed by atoms with Crippen LogP contribution in [-0.2, 0) is 27.4 Å². The fraction of sp³-hybridized carbons (Fsp3) is 0.476. The summed E-state index contributed by atoms with van der Waals surface area (Å²) in [5, 5.41) is 6.89. The summed E-state index contributed by atoms with van der Waals surface area (Å²) >= 11 is 0. The molecule has 2 heterocycles. The molecule has 1 aromatic carbocycles. The molecule has 1 fully saturated rings. The highest BCUT2D eigenvalue weighted by Gasteiger charge is 2.20. The molecular formula is C21H29FN4O5. The van der Waals surface area contributed by atoms with Crippen LogP contribution in [0.25, 0.3) is 0 Å². The number of benzene rings is 1. The highest BCUT2D eigenvalue weighted by atomic mass is 19.1. The van der Waals surface area contributed by atoms with Gasteiger partial charge in [-0.2, -0.15) is 0 Å². The lowest BCUT2D eigenvalue weighted by molar-refractivity contribution is -0.133. The first-order valence-corrected chi connectivity index (χ1v) is 10.0. The smallest absolute Gasteiger partial charge is 0.290 e. The minimum atomic E-state index is -0.325. The predicted octanol–water partition coefficient (Wildman–Crippen LogP) is 1.48. The molecule has 1 aliphatic rings. The van der Waals surface area contributed by atoms with Crippen LogP contribution in [0.1, 0.15) is 12.2 Å². The van der Waals surface area contributed by atoms with E-state index < -0.39 is 0 Å². The Labute approximate surface area is 181 Å². The Balaban J connectivity index is 0.00000107. The number of halogens is 1. The SMILES string of the molecule is COCCn1ccnc1CN1CCCN(C(=O)COc2ccc(F)cc2)CC1.O=CO. The number of amides is 1. The van der Waals surface area contributed by atoms with Crippen molar-refractivity contribution in [2.24, 2.45) is 0 Å². The van der Waals surface area contributed by atoms with Gasteiger partial charge in [0.05, 0.1) is 13.2 Å². The zero-order chi connectivity index (χ0) is 22.5. The first-order chi connectivity index (χ1) is 15.1. The van der Waals surface area contributed by atoms with E-state index in [1.165, 1.54) is 24.3 Å². The molecule has 0 atom stereocenters. The van der Waals surface area contributed by atoms with E-state index in [-0.39, 0.29) is 24.8 Å². The standard InChI is InChI=1S/C20H27FN4O3.CH2O2/c1-27-14-13-24-10-7-22-19(24)15-23-8-2-9-25(12-11-23)20(26)16-28-18-5-3-17(21)4-6-18;2-1-3/h3-7,10H,2,8-9,11-16H2,1H3;1H,(H,2,3). The van der Waals surface area contributed by atoms with Crippen molar-refractivity contribution in [2.45, 2.75) is 19.5 Å². The second-order valence-electron chi connectivity index (χ2n) is 6.89. The summed E-state index contributed by atoms with van der Waals surface area (Å²) in [6.45, 7) is 4.98. The Kier molecular flexibility index (Phi) is 10.5. The lowest BCUT2D eigenvalue weighted by Gasteiger charge is -2.22. The highest BCUT2D eigenvalue weighted by Crippen LogP contribution is 2.12. The number of rotatable bonds is 8. The van der Waals surface area contributed by atoms with Gasteiger partial charge in [0, 0.05) is 52.2 Å². The van der Waals surface area contributed by atoms with Crippen molar-refractivity contribution in [2.75, 3.05) is 46.5 Å². The Bertz CT molecular complexity index is 799. The van der Waals surface area contributed by atoms with Crippen molar-refractivity contribution in [1.29, 1.82) is 0 Å². The van der Waals surface area contributed by atoms with Crippen molar-refractivity contribution < 1.29 is 28.6 Å². The molecule has 1 aliphatic heterocycles. The second-order valence-corrected chi connectivity index (χ2v) is 6.89. The topological polar surface area (TPSA) is 97.1 Å². The predicted molar refractivity (Wildman–Crippen MR) is 111 cm³/mol. The van der Waals surface area contributed by atoms with Gasteiger partial charge in [-0.05, 0) is 30.7 Å². The number of carboxylic acid groups (broad SMARTS) is 1. The van der Waals surface area contributed by atoms with Crippen LogP contribution in [0.5, 0.6) is 5.75 Å². The van der Waals surface area contributed by atoms with E-state index in [9.17, 15) is 9.18 Å². The van der Waals surface area contributed by atoms with Crippen LogP contribution in [0.3, 0.4) is 0 Å². The largest absolute Gasteiger partial charge is 0.484 e. The van der Waals surface area contributed by atoms with Crippen molar-refractivity contribution in [3.8, 4) is 5.75 Å². The maximum Gasteiger partial charge on any atom is 0.290 e. The molecule has 0 bridgehead atoms. The lowest BCUT2D eigenvalue weighted by atomic mass is 10.3. The Morgan fingerprint density at radius 2 is 1.97 bits per heavy atom. The average Bonchev–Trinajstić information content (AvgIpc) is 3.07. The maximum atomic E-state index is 12.9. The fourth-order valence-electron chi connectivity index (χ4n) is 3.23. The molecule has 170 valence electrons. The van der Waals surface area contributed by atoms with Gasteiger partial charge in [-0.15, -0.1) is 0 Å². The van der Waals surface area contributed by atoms with E-state index in [0.717, 1.165) is 38.4 Å². The number of carbonyl (C=O) groups excluding carboxylic acids is 1. The van der Waals surface area contributed by atoms with Crippen molar-refractivity contribution >= 4 is 12.4 Å². The molecule has 9 nitrogen and oxygen atoms in total. The summed E-state index contributed by atoms with van der Waals surface area (Å²) in [6, 6.07) is 5.69. The van der Waals surface area contributed by atoms with E-state index in [1.807, 2.05) is 17.3 Å². The molecule has 1 aromatic heterocycles. The Hall–Kier alpha value is -2.98. The van der Waals surface area contributed by atoms with Gasteiger partial charge in [0.15, 0.2) is 6.61 Å². The van der Waals surface area contributed by atoms with Crippen LogP contribution in [-0.4, -0.2) is 83.3 Å². The van der Waals surface area contributed by atoms with Gasteiger partial charge in [-0.3, -0.25) is 14.5 Å². The van der Waals surface area contributed by atoms with Crippen LogP contribution < -0.4 is 4.74 Å². The third-order valence-electron chi connectivity index (χ3n) is 4.82. The van der Waals surface area contributed by atoms with E-state index >= 15 is 0 Å². The number of aromatic nitrogens is 2. The van der Waals surface area contributed by atoms with Gasteiger partial charge in [0.1, 0.15) is 17.4 Å². The molecule has 10 heteroatoms. The Morgan fingerprint density at radius 3 is 2.68 bits per heavy atom. The van der Waals surface area contributed by atoms with Crippen molar-refractivity contribution in [3.63, 3.8) is 0 Å². The normalized spacial score (nSPS) is 14.3. The summed E-state index contributed by atoms with van der Waals surface area (Å²) < 4.78 is 25.7. The monoisotopic (exact) mass is 436 g/mol. The molecule has 0 unspecified atom stereocenters. The van der Waals surface area contributed by atoms with Gasteiger partial charge in [-0.25, -0.2) is 9.37 Å². The number of imidazole rings is 1. The molecule has 0 aliphatic carbocycles. The minimum absolute atomic E-state index is 0.0347. The first kappa shape index (κ1) is 24.3. The fourth-order valence-corrected chi connectivity index (χ4v) is 3.23. The van der Waals surface area contributed by atoms with E-state index in [0.29, 0.717) is 25.4 Å². The minimum Gasteiger partial charge on any atom is -0.484 e. The summed E-state index contributed by atoms with van der Waals surface area (Å²) in [7, 11) is 1.69. The van der Waals surface area contributed by atoms with Crippen LogP contribution in [0, 0.1) is 5.82 Å². The molecule has 0 radical (unpaired) electrons. The zero-order valence-electron chi connectivity index (χ0n) is 17.7. The van der Waals surface area contributed by atoms with Gasteiger partial charge in [0.25, 0.3) is 12.4 Å². The molecule has 31 heavy (non-hydrogen) atoms. The number of hydrogen-bond acceptors (Lipinski definition) is 6. The van der Waals surface area contributed by atoms with Gasteiger partial charge in [-0.1, -0.05) is 0 Å². The van der Waals surface area contributed by atoms with E-state index in [4.69, 9.17) is 19.4 Å². The second kappa shape index (κ2) is 13.3. The third kappa shape index (κ3) is 8.35. The molecule has 1 N–H and O–H groups in total. The highest BCUT2D eigenvalue weighted by molar-refractivity contribution is 5.77. The number of methoxy groups -OCH3 is 1. The van der Waals surface area contributed by atoms with Crippen LogP contribution in [0.4, 0.5) is 4.39 Å². The molecule has 0 spiro atoms. The van der Waals surface area contributed by atoms with E-state index in [2.05, 4.69) is 14.5 Å². The van der Waals surface area contributed by atoms with E-state index in [1.54, 1.807) is 7.11 Å². The molecular weight excluding hydrogens is 407 g/mol. The first-order valence-electron chi connectivity index (χ1n) is 10.0. The number of ether oxygens (including phenoxy) is 2. The van der Waals surface area contributed by atoms with Crippen molar-refractivity contribution in [3.05, 3.63) is 48.3 Å². The zero-order valence-corrected chi connectivity index (χ0v) is 17.7. The van der Waals surface area contributed by atoms with Gasteiger partial charge >= 0.3 is 0 Å². The number of hydrogen-bond donors (Lipinski definition) is 1. The quantitative estimate of drug-likeness (QED) is 0.626. The third-order valence-corrected chi connectivity index (χ3v) is 4.82. The maximum absolute atomic E-state index is 12.9. The molecule has 2 aromatic rings. The summed E-state index contributed by atoms with van der Waals surface area (Å²) in [6.07, 6.45) is 4.68. The van der Waals surface area contributed by atoms with Crippen LogP contribution in [0.15, 0.2) is 36.7 Å². The molecule has 1 saturated heterocycles. The summed E-state index contributed by atoms with van der Waals surface area (Å²) in [4.78, 5) is 29.4. The average molecular weight is 436 g/mol. The summed E-state index contributed by atoms with van der Waals surface area (Å²) in [5.41, 5.74) is 0. The summed E-state index contributed by atoms with van der Waals surface area (Å²) in [5.74, 6) is 1.13. The van der Waals surface area contributed by atoms with Crippen LogP contribution >= 0.6 is 0 Å². The number of carbonyl (C=O) groups is 2. The molecule has 3 rings (SSSR count). The Morgan fingerprint density at radius 1 is 1.23 bits per heavy atom. The molecule has 1 amide bonds. The van der Waals surface area contributed by atoms with Gasteiger partial charge in [0.2, 0.25) is 0 Å². The molecule has 0 saturated carbocycles.